The van der Waals surface area contributed by atoms with Gasteiger partial charge in [0.05, 0.1) is 4.47 Å². The molecule has 6 heteroatoms. The highest BCUT2D eigenvalue weighted by molar-refractivity contribution is 9.13. The van der Waals surface area contributed by atoms with Gasteiger partial charge in [-0.05, 0) is 31.9 Å². The standard InChI is InChI=1S/C5H5Br2N3O/c1-2(11)8-5-3(6)4(7)9-10-5/h1H3,(H2,8,9,10,11). The number of nitrogens with one attached hydrogen (secondary N) is 2. The number of anilines is 1. The summed E-state index contributed by atoms with van der Waals surface area (Å²) in [5.41, 5.74) is 0. The lowest BCUT2D eigenvalue weighted by molar-refractivity contribution is -0.114. The zero-order valence-electron chi connectivity index (χ0n) is 5.61. The number of halogens is 2. The van der Waals surface area contributed by atoms with Crippen molar-refractivity contribution in [2.24, 2.45) is 0 Å². The third-order valence-corrected chi connectivity index (χ3v) is 2.84. The Morgan fingerprint density at radius 3 is 2.64 bits per heavy atom. The summed E-state index contributed by atoms with van der Waals surface area (Å²) in [5, 5.41) is 8.99. The van der Waals surface area contributed by atoms with Gasteiger partial charge in [-0.25, -0.2) is 0 Å². The number of carbonyl (C=O) groups is 1. The first kappa shape index (κ1) is 8.73. The zero-order valence-corrected chi connectivity index (χ0v) is 8.78. The van der Waals surface area contributed by atoms with Crippen LogP contribution in [0.1, 0.15) is 6.92 Å². The molecule has 1 rings (SSSR count). The second-order valence-electron chi connectivity index (χ2n) is 1.88. The van der Waals surface area contributed by atoms with Crippen LogP contribution in [0.2, 0.25) is 0 Å². The van der Waals surface area contributed by atoms with Gasteiger partial charge < -0.3 is 5.32 Å². The van der Waals surface area contributed by atoms with E-state index >= 15 is 0 Å². The van der Waals surface area contributed by atoms with Crippen molar-refractivity contribution in [2.75, 3.05) is 5.32 Å². The van der Waals surface area contributed by atoms with Crippen LogP contribution in [0.15, 0.2) is 9.08 Å². The number of nitrogens with zero attached hydrogens (tertiary/aromatic N) is 1. The molecular formula is C5H5Br2N3O. The molecule has 0 saturated heterocycles. The Morgan fingerprint density at radius 1 is 1.64 bits per heavy atom. The lowest BCUT2D eigenvalue weighted by Crippen LogP contribution is -2.06. The Kier molecular flexibility index (Phi) is 2.67. The molecular weight excluding hydrogens is 278 g/mol. The molecule has 1 amide bonds. The monoisotopic (exact) mass is 281 g/mol. The Morgan fingerprint density at radius 2 is 2.27 bits per heavy atom. The van der Waals surface area contributed by atoms with Crippen molar-refractivity contribution in [3.8, 4) is 0 Å². The normalized spacial score (nSPS) is 9.73. The molecule has 0 atom stereocenters. The van der Waals surface area contributed by atoms with Crippen molar-refractivity contribution in [1.29, 1.82) is 0 Å². The van der Waals surface area contributed by atoms with Gasteiger partial charge in [0, 0.05) is 6.92 Å². The quantitative estimate of drug-likeness (QED) is 0.826. The highest BCUT2D eigenvalue weighted by Crippen LogP contribution is 2.27. The van der Waals surface area contributed by atoms with Crippen LogP contribution in [-0.4, -0.2) is 16.1 Å². The van der Waals surface area contributed by atoms with Gasteiger partial charge in [0.1, 0.15) is 4.60 Å². The molecule has 0 aromatic carbocycles. The Bertz CT molecular complexity index is 283. The van der Waals surface area contributed by atoms with E-state index in [1.54, 1.807) is 0 Å². The van der Waals surface area contributed by atoms with Gasteiger partial charge in [0.25, 0.3) is 0 Å². The van der Waals surface area contributed by atoms with Crippen molar-refractivity contribution in [1.82, 2.24) is 10.2 Å². The van der Waals surface area contributed by atoms with E-state index in [0.29, 0.717) is 14.9 Å². The molecule has 60 valence electrons. The average molecular weight is 283 g/mol. The van der Waals surface area contributed by atoms with Crippen LogP contribution >= 0.6 is 31.9 Å². The van der Waals surface area contributed by atoms with E-state index in [9.17, 15) is 4.79 Å². The van der Waals surface area contributed by atoms with Crippen molar-refractivity contribution in [2.45, 2.75) is 6.92 Å². The molecule has 1 aromatic rings. The number of rotatable bonds is 1. The zero-order chi connectivity index (χ0) is 8.43. The third kappa shape index (κ3) is 2.03. The van der Waals surface area contributed by atoms with Crippen LogP contribution in [0, 0.1) is 0 Å². The van der Waals surface area contributed by atoms with Crippen LogP contribution in [0.3, 0.4) is 0 Å². The molecule has 0 aliphatic rings. The topological polar surface area (TPSA) is 57.8 Å². The smallest absolute Gasteiger partial charge is 0.222 e. The van der Waals surface area contributed by atoms with Crippen LogP contribution in [-0.2, 0) is 4.79 Å². The molecule has 0 spiro atoms. The number of amides is 1. The number of hydrogen-bond acceptors (Lipinski definition) is 2. The van der Waals surface area contributed by atoms with E-state index in [2.05, 4.69) is 47.4 Å². The number of H-pyrrole nitrogens is 1. The summed E-state index contributed by atoms with van der Waals surface area (Å²) in [6.45, 7) is 1.43. The molecule has 1 aromatic heterocycles. The van der Waals surface area contributed by atoms with Crippen molar-refractivity contribution >= 4 is 43.6 Å². The lowest BCUT2D eigenvalue weighted by atomic mass is 10.6. The summed E-state index contributed by atoms with van der Waals surface area (Å²) in [7, 11) is 0. The van der Waals surface area contributed by atoms with Crippen LogP contribution in [0.4, 0.5) is 5.82 Å². The predicted molar refractivity (Wildman–Crippen MR) is 48.3 cm³/mol. The maximum atomic E-state index is 10.6. The maximum absolute atomic E-state index is 10.6. The highest BCUT2D eigenvalue weighted by atomic mass is 79.9. The van der Waals surface area contributed by atoms with E-state index in [4.69, 9.17) is 0 Å². The molecule has 11 heavy (non-hydrogen) atoms. The summed E-state index contributed by atoms with van der Waals surface area (Å²) in [6, 6.07) is 0. The van der Waals surface area contributed by atoms with Crippen molar-refractivity contribution < 1.29 is 4.79 Å². The van der Waals surface area contributed by atoms with Gasteiger partial charge in [0.2, 0.25) is 5.91 Å². The predicted octanol–water partition coefficient (Wildman–Crippen LogP) is 1.89. The molecule has 0 saturated carbocycles. The Balaban J connectivity index is 2.87. The minimum atomic E-state index is -0.148. The fraction of sp³-hybridized carbons (Fsp3) is 0.200. The first-order chi connectivity index (χ1) is 5.11. The SMILES string of the molecule is CC(=O)Nc1n[nH]c(Br)c1Br. The maximum Gasteiger partial charge on any atom is 0.222 e. The van der Waals surface area contributed by atoms with Gasteiger partial charge >= 0.3 is 0 Å². The highest BCUT2D eigenvalue weighted by Gasteiger charge is 2.08. The van der Waals surface area contributed by atoms with Gasteiger partial charge in [-0.15, -0.1) is 0 Å². The fourth-order valence-electron chi connectivity index (χ4n) is 0.557. The minimum Gasteiger partial charge on any atom is -0.308 e. The molecule has 4 nitrogen and oxygen atoms in total. The van der Waals surface area contributed by atoms with Gasteiger partial charge in [0.15, 0.2) is 5.82 Å². The fourth-order valence-corrected chi connectivity index (χ4v) is 1.11. The van der Waals surface area contributed by atoms with Gasteiger partial charge in [-0.1, -0.05) is 0 Å². The molecule has 2 N–H and O–H groups in total. The molecule has 0 unspecified atom stereocenters. The molecule has 0 aliphatic heterocycles. The van der Waals surface area contributed by atoms with Crippen LogP contribution in [0.5, 0.6) is 0 Å². The third-order valence-electron chi connectivity index (χ3n) is 0.961. The summed E-state index contributed by atoms with van der Waals surface area (Å²) >= 11 is 6.41. The van der Waals surface area contributed by atoms with Crippen molar-refractivity contribution in [3.63, 3.8) is 0 Å². The average Bonchev–Trinajstić information content (AvgIpc) is 2.18. The molecule has 0 bridgehead atoms. The minimum absolute atomic E-state index is 0.148. The lowest BCUT2D eigenvalue weighted by Gasteiger charge is -1.94. The van der Waals surface area contributed by atoms with Crippen LogP contribution in [0.25, 0.3) is 0 Å². The van der Waals surface area contributed by atoms with Gasteiger partial charge in [-0.3, -0.25) is 9.89 Å². The summed E-state index contributed by atoms with van der Waals surface area (Å²) in [5.74, 6) is 0.342. The molecule has 0 aliphatic carbocycles. The van der Waals surface area contributed by atoms with Gasteiger partial charge in [-0.2, -0.15) is 5.10 Å². The number of carbonyl (C=O) groups excluding carboxylic acids is 1. The first-order valence-electron chi connectivity index (χ1n) is 2.78. The number of aromatic nitrogens is 2. The largest absolute Gasteiger partial charge is 0.308 e. The number of aromatic amines is 1. The van der Waals surface area contributed by atoms with E-state index in [1.807, 2.05) is 0 Å². The summed E-state index contributed by atoms with van der Waals surface area (Å²) < 4.78 is 1.42. The first-order valence-corrected chi connectivity index (χ1v) is 4.37. The second kappa shape index (κ2) is 3.36. The molecule has 0 fully saturated rings. The molecule has 0 radical (unpaired) electrons. The van der Waals surface area contributed by atoms with Crippen molar-refractivity contribution in [3.05, 3.63) is 9.08 Å². The summed E-state index contributed by atoms with van der Waals surface area (Å²) in [4.78, 5) is 10.6. The van der Waals surface area contributed by atoms with E-state index < -0.39 is 0 Å². The number of hydrogen-bond donors (Lipinski definition) is 2. The Labute approximate surface area is 80.0 Å². The second-order valence-corrected chi connectivity index (χ2v) is 3.47. The Hall–Kier alpha value is -0.360. The van der Waals surface area contributed by atoms with Crippen LogP contribution < -0.4 is 5.32 Å². The molecule has 1 heterocycles. The van der Waals surface area contributed by atoms with E-state index in [0.717, 1.165) is 0 Å². The summed E-state index contributed by atoms with van der Waals surface area (Å²) in [6.07, 6.45) is 0. The van der Waals surface area contributed by atoms with E-state index in [1.165, 1.54) is 6.92 Å². The van der Waals surface area contributed by atoms with E-state index in [-0.39, 0.29) is 5.91 Å².